The number of nitrogens with zero attached hydrogens (tertiary/aromatic N) is 1. The summed E-state index contributed by atoms with van der Waals surface area (Å²) in [6, 6.07) is 3.92. The summed E-state index contributed by atoms with van der Waals surface area (Å²) in [5.41, 5.74) is 3.83. The molecule has 0 saturated heterocycles. The fourth-order valence-corrected chi connectivity index (χ4v) is 1.94. The molecule has 0 aliphatic carbocycles. The zero-order chi connectivity index (χ0) is 15.2. The Labute approximate surface area is 103 Å². The summed E-state index contributed by atoms with van der Waals surface area (Å²) >= 11 is 0. The van der Waals surface area contributed by atoms with Gasteiger partial charge in [0.15, 0.2) is 6.17 Å². The van der Waals surface area contributed by atoms with Gasteiger partial charge in [-0.2, -0.15) is 0 Å². The molecule has 1 nitrogen and oxygen atoms in total. The maximum absolute atomic E-state index is 8.06. The number of hydrogen-bond donors (Lipinski definition) is 0. The van der Waals surface area contributed by atoms with Gasteiger partial charge < -0.3 is 0 Å². The summed E-state index contributed by atoms with van der Waals surface area (Å²) in [4.78, 5) is 0. The van der Waals surface area contributed by atoms with E-state index in [9.17, 15) is 0 Å². The molecule has 2 rings (SSSR count). The fourth-order valence-electron chi connectivity index (χ4n) is 1.94. The highest BCUT2D eigenvalue weighted by Crippen LogP contribution is 2.24. The highest BCUT2D eigenvalue weighted by Gasteiger charge is 2.13. The maximum Gasteiger partial charge on any atom is 0.212 e. The van der Waals surface area contributed by atoms with E-state index in [0.717, 1.165) is 16.8 Å². The van der Waals surface area contributed by atoms with Crippen LogP contribution in [0.15, 0.2) is 36.4 Å². The zero-order valence-corrected chi connectivity index (χ0v) is 10.1. The van der Waals surface area contributed by atoms with Crippen LogP contribution in [0.4, 0.5) is 0 Å². The van der Waals surface area contributed by atoms with Crippen LogP contribution in [0.1, 0.15) is 22.2 Å². The van der Waals surface area contributed by atoms with Gasteiger partial charge >= 0.3 is 0 Å². The predicted molar refractivity (Wildman–Crippen MR) is 67.3 cm³/mol. The molecule has 0 saturated carbocycles. The van der Waals surface area contributed by atoms with Gasteiger partial charge in [0, 0.05) is 11.6 Å². The summed E-state index contributed by atoms with van der Waals surface area (Å²) in [7, 11) is 1.81. The quantitative estimate of drug-likeness (QED) is 0.645. The largest absolute Gasteiger partial charge is 0.212 e. The van der Waals surface area contributed by atoms with E-state index in [1.54, 1.807) is 18.4 Å². The van der Waals surface area contributed by atoms with Gasteiger partial charge in [-0.25, -0.2) is 4.57 Å². The summed E-state index contributed by atoms with van der Waals surface area (Å²) in [6.07, 6.45) is 0.411. The van der Waals surface area contributed by atoms with E-state index >= 15 is 0 Å². The minimum absolute atomic E-state index is 0.0374. The number of hydrogen-bond acceptors (Lipinski definition) is 0. The standard InChI is InChI=1S/C15H18N/c1-11-8-9-14(16(4)10-11)15-12(2)6-5-7-13(15)3/h5-10H,1-4H3/q+1/i5D,6D,7D,10D. The van der Waals surface area contributed by atoms with Crippen molar-refractivity contribution in [1.29, 1.82) is 0 Å². The second-order valence-corrected chi connectivity index (χ2v) is 4.07. The molecule has 0 atom stereocenters. The summed E-state index contributed by atoms with van der Waals surface area (Å²) in [6.45, 7) is 5.47. The van der Waals surface area contributed by atoms with E-state index in [1.807, 2.05) is 26.1 Å². The molecule has 0 radical (unpaired) electrons. The smallest absolute Gasteiger partial charge is 0.201 e. The lowest BCUT2D eigenvalue weighted by Crippen LogP contribution is -2.31. The van der Waals surface area contributed by atoms with Crippen LogP contribution in [0.5, 0.6) is 0 Å². The maximum atomic E-state index is 8.06. The van der Waals surface area contributed by atoms with E-state index in [4.69, 9.17) is 5.48 Å². The number of benzene rings is 1. The van der Waals surface area contributed by atoms with E-state index < -0.39 is 0 Å². The molecule has 1 heteroatoms. The Morgan fingerprint density at radius 1 is 1.06 bits per heavy atom. The lowest BCUT2D eigenvalue weighted by Gasteiger charge is -2.07. The Kier molecular flexibility index (Phi) is 1.75. The van der Waals surface area contributed by atoms with Gasteiger partial charge in [0.25, 0.3) is 0 Å². The molecule has 82 valence electrons. The van der Waals surface area contributed by atoms with Crippen molar-refractivity contribution in [2.75, 3.05) is 0 Å². The Balaban J connectivity index is 2.87. The summed E-state index contributed by atoms with van der Waals surface area (Å²) < 4.78 is 33.6. The van der Waals surface area contributed by atoms with Crippen LogP contribution < -0.4 is 4.57 Å². The Hall–Kier alpha value is -1.63. The molecular weight excluding hydrogens is 194 g/mol. The zero-order valence-electron chi connectivity index (χ0n) is 14.1. The minimum atomic E-state index is -0.0374. The second kappa shape index (κ2) is 4.09. The number of aryl methyl sites for hydroxylation is 1. The van der Waals surface area contributed by atoms with E-state index in [-0.39, 0.29) is 18.1 Å². The van der Waals surface area contributed by atoms with Crippen LogP contribution in [0.25, 0.3) is 11.3 Å². The van der Waals surface area contributed by atoms with Crippen LogP contribution >= 0.6 is 0 Å². The first-order valence-corrected chi connectivity index (χ1v) is 5.31. The average Bonchev–Trinajstić information content (AvgIpc) is 2.43. The molecule has 0 bridgehead atoms. The Morgan fingerprint density at radius 3 is 2.31 bits per heavy atom. The Bertz CT molecular complexity index is 679. The van der Waals surface area contributed by atoms with Crippen molar-refractivity contribution in [2.24, 2.45) is 7.05 Å². The molecule has 0 fully saturated rings. The highest BCUT2D eigenvalue weighted by atomic mass is 14.9. The molecule has 0 spiro atoms. The van der Waals surface area contributed by atoms with Crippen molar-refractivity contribution >= 4 is 0 Å². The van der Waals surface area contributed by atoms with Gasteiger partial charge in [0.1, 0.15) is 8.42 Å². The van der Waals surface area contributed by atoms with E-state index in [0.29, 0.717) is 17.3 Å². The molecule has 16 heavy (non-hydrogen) atoms. The summed E-state index contributed by atoms with van der Waals surface area (Å²) in [5, 5.41) is 0. The van der Waals surface area contributed by atoms with Gasteiger partial charge in [0.2, 0.25) is 5.69 Å². The molecule has 0 amide bonds. The van der Waals surface area contributed by atoms with Crippen molar-refractivity contribution in [2.45, 2.75) is 20.8 Å². The first-order chi connectivity index (χ1) is 9.27. The van der Waals surface area contributed by atoms with E-state index in [1.165, 1.54) is 0 Å². The van der Waals surface area contributed by atoms with Crippen molar-refractivity contribution in [3.8, 4) is 11.3 Å². The van der Waals surface area contributed by atoms with Gasteiger partial charge in [0.05, 0.1) is 9.68 Å². The minimum Gasteiger partial charge on any atom is -0.201 e. The predicted octanol–water partition coefficient (Wildman–Crippen LogP) is 3.10. The molecule has 1 aromatic carbocycles. The van der Waals surface area contributed by atoms with Crippen molar-refractivity contribution < 1.29 is 10.1 Å². The first kappa shape index (κ1) is 6.85. The molecule has 0 N–H and O–H groups in total. The average molecular weight is 216 g/mol. The lowest BCUT2D eigenvalue weighted by atomic mass is 9.99. The molecule has 2 aromatic rings. The molecule has 1 heterocycles. The van der Waals surface area contributed by atoms with Crippen LogP contribution in [-0.2, 0) is 7.05 Å². The Morgan fingerprint density at radius 2 is 1.69 bits per heavy atom. The van der Waals surface area contributed by atoms with Crippen molar-refractivity contribution in [3.63, 3.8) is 0 Å². The molecule has 0 unspecified atom stereocenters. The van der Waals surface area contributed by atoms with Gasteiger partial charge in [-0.15, -0.1) is 0 Å². The monoisotopic (exact) mass is 216 g/mol. The topological polar surface area (TPSA) is 3.88 Å². The van der Waals surface area contributed by atoms with Crippen LogP contribution in [0.2, 0.25) is 0 Å². The van der Waals surface area contributed by atoms with Gasteiger partial charge in [-0.05, 0) is 38.0 Å². The third-order valence-corrected chi connectivity index (χ3v) is 2.70. The first-order valence-electron chi connectivity index (χ1n) is 7.31. The van der Waals surface area contributed by atoms with E-state index in [2.05, 4.69) is 0 Å². The number of pyridine rings is 1. The normalized spacial score (nSPS) is 14.0. The van der Waals surface area contributed by atoms with Crippen LogP contribution in [-0.4, -0.2) is 0 Å². The number of aromatic nitrogens is 1. The van der Waals surface area contributed by atoms with Crippen molar-refractivity contribution in [3.05, 3.63) is 53.1 Å². The molecule has 1 aromatic heterocycles. The molecular formula is C15H18N+. The van der Waals surface area contributed by atoms with Gasteiger partial charge in [-0.3, -0.25) is 0 Å². The second-order valence-electron chi connectivity index (χ2n) is 4.07. The van der Waals surface area contributed by atoms with Crippen LogP contribution in [0.3, 0.4) is 0 Å². The third kappa shape index (κ3) is 1.85. The third-order valence-electron chi connectivity index (χ3n) is 2.70. The molecule has 0 aliphatic heterocycles. The van der Waals surface area contributed by atoms with Crippen LogP contribution in [0, 0.1) is 20.8 Å². The van der Waals surface area contributed by atoms with Crippen molar-refractivity contribution in [1.82, 2.24) is 0 Å². The highest BCUT2D eigenvalue weighted by molar-refractivity contribution is 5.65. The number of rotatable bonds is 1. The molecule has 0 aliphatic rings. The SMILES string of the molecule is [2H]c1c([2H])c(C)c(-c2ccc(C)c([2H])[n+]2C)c(C)c1[2H]. The summed E-state index contributed by atoms with van der Waals surface area (Å²) in [5.74, 6) is 0. The fraction of sp³-hybridized carbons (Fsp3) is 0.267. The van der Waals surface area contributed by atoms with Gasteiger partial charge in [-0.1, -0.05) is 18.1 Å². The lowest BCUT2D eigenvalue weighted by molar-refractivity contribution is -0.660.